The fourth-order valence-corrected chi connectivity index (χ4v) is 1.29. The van der Waals surface area contributed by atoms with Gasteiger partial charge in [-0.05, 0) is 19.8 Å². The third kappa shape index (κ3) is 5.39. The second-order valence-electron chi connectivity index (χ2n) is 3.21. The highest BCUT2D eigenvalue weighted by Crippen LogP contribution is 2.14. The number of ketones is 1. The Morgan fingerprint density at radius 1 is 1.31 bits per heavy atom. The molecule has 0 heterocycles. The number of Topliss-reactive ketones (excluding diaryl/α,β-unsaturated/α-hetero) is 1. The van der Waals surface area contributed by atoms with Gasteiger partial charge in [0.05, 0.1) is 7.11 Å². The van der Waals surface area contributed by atoms with Gasteiger partial charge in [0, 0.05) is 12.3 Å². The lowest BCUT2D eigenvalue weighted by molar-refractivity contribution is -0.141. The summed E-state index contributed by atoms with van der Waals surface area (Å²) in [6.07, 6.45) is 2.81. The summed E-state index contributed by atoms with van der Waals surface area (Å²) < 4.78 is 4.51. The third-order valence-electron chi connectivity index (χ3n) is 2.14. The van der Waals surface area contributed by atoms with Crippen molar-refractivity contribution in [3.05, 3.63) is 0 Å². The van der Waals surface area contributed by atoms with Crippen molar-refractivity contribution in [3.8, 4) is 0 Å². The number of hydrogen-bond donors (Lipinski definition) is 0. The maximum Gasteiger partial charge on any atom is 0.305 e. The van der Waals surface area contributed by atoms with E-state index in [9.17, 15) is 9.59 Å². The van der Waals surface area contributed by atoms with E-state index in [0.717, 1.165) is 12.8 Å². The second kappa shape index (κ2) is 6.63. The first-order valence-corrected chi connectivity index (χ1v) is 4.69. The number of methoxy groups -OCH3 is 1. The van der Waals surface area contributed by atoms with Crippen molar-refractivity contribution in [2.45, 2.75) is 39.5 Å². The first-order valence-electron chi connectivity index (χ1n) is 4.69. The van der Waals surface area contributed by atoms with Crippen molar-refractivity contribution in [1.82, 2.24) is 0 Å². The van der Waals surface area contributed by atoms with Crippen LogP contribution in [0.5, 0.6) is 0 Å². The first kappa shape index (κ1) is 12.1. The first-order chi connectivity index (χ1) is 6.11. The Morgan fingerprint density at radius 3 is 2.31 bits per heavy atom. The smallest absolute Gasteiger partial charge is 0.305 e. The van der Waals surface area contributed by atoms with Crippen LogP contribution in [0, 0.1) is 5.92 Å². The zero-order chi connectivity index (χ0) is 10.3. The maximum atomic E-state index is 11.1. The Hall–Kier alpha value is -0.860. The van der Waals surface area contributed by atoms with Gasteiger partial charge in [0.15, 0.2) is 0 Å². The molecule has 3 nitrogen and oxygen atoms in total. The Morgan fingerprint density at radius 2 is 1.92 bits per heavy atom. The minimum absolute atomic E-state index is 0.0316. The van der Waals surface area contributed by atoms with Gasteiger partial charge in [0.1, 0.15) is 5.78 Å². The van der Waals surface area contributed by atoms with E-state index in [-0.39, 0.29) is 17.7 Å². The SMILES string of the molecule is CCCC(CCC(=O)OC)C(C)=O. The topological polar surface area (TPSA) is 43.4 Å². The van der Waals surface area contributed by atoms with E-state index >= 15 is 0 Å². The molecule has 0 spiro atoms. The Labute approximate surface area is 79.5 Å². The standard InChI is InChI=1S/C10H18O3/c1-4-5-9(8(2)11)6-7-10(12)13-3/h9H,4-7H2,1-3H3. The number of hydrogen-bond acceptors (Lipinski definition) is 3. The molecular formula is C10H18O3. The second-order valence-corrected chi connectivity index (χ2v) is 3.21. The molecule has 0 bridgehead atoms. The van der Waals surface area contributed by atoms with Crippen LogP contribution in [0.2, 0.25) is 0 Å². The van der Waals surface area contributed by atoms with Crippen LogP contribution in [0.1, 0.15) is 39.5 Å². The minimum atomic E-state index is -0.234. The molecule has 76 valence electrons. The van der Waals surface area contributed by atoms with E-state index < -0.39 is 0 Å². The molecule has 0 aliphatic heterocycles. The van der Waals surface area contributed by atoms with Gasteiger partial charge in [0.25, 0.3) is 0 Å². The van der Waals surface area contributed by atoms with Gasteiger partial charge < -0.3 is 4.74 Å². The van der Waals surface area contributed by atoms with Crippen molar-refractivity contribution >= 4 is 11.8 Å². The predicted molar refractivity (Wildman–Crippen MR) is 50.3 cm³/mol. The van der Waals surface area contributed by atoms with Crippen molar-refractivity contribution in [1.29, 1.82) is 0 Å². The lowest BCUT2D eigenvalue weighted by atomic mass is 9.94. The molecule has 0 amide bonds. The molecule has 13 heavy (non-hydrogen) atoms. The molecule has 0 N–H and O–H groups in total. The van der Waals surface area contributed by atoms with E-state index in [1.807, 2.05) is 6.92 Å². The van der Waals surface area contributed by atoms with Crippen LogP contribution in [0.3, 0.4) is 0 Å². The highest BCUT2D eigenvalue weighted by atomic mass is 16.5. The van der Waals surface area contributed by atoms with Gasteiger partial charge in [-0.25, -0.2) is 0 Å². The molecule has 0 fully saturated rings. The van der Waals surface area contributed by atoms with Crippen LogP contribution in [-0.2, 0) is 14.3 Å². The predicted octanol–water partition coefficient (Wildman–Crippen LogP) is 1.94. The summed E-state index contributed by atoms with van der Waals surface area (Å²) in [5, 5.41) is 0. The molecule has 0 aromatic rings. The molecule has 0 aromatic carbocycles. The lowest BCUT2D eigenvalue weighted by Crippen LogP contribution is -2.13. The molecule has 3 heteroatoms. The molecular weight excluding hydrogens is 168 g/mol. The summed E-state index contributed by atoms with van der Waals surface area (Å²) in [5.74, 6) is -0.0304. The van der Waals surface area contributed by atoms with Crippen molar-refractivity contribution in [3.63, 3.8) is 0 Å². The normalized spacial score (nSPS) is 12.2. The molecule has 1 atom stereocenters. The fourth-order valence-electron chi connectivity index (χ4n) is 1.29. The Bertz CT molecular complexity index is 175. The Kier molecular flexibility index (Phi) is 6.20. The lowest BCUT2D eigenvalue weighted by Gasteiger charge is -2.10. The molecule has 0 saturated heterocycles. The Balaban J connectivity index is 3.82. The number of carbonyl (C=O) groups excluding carboxylic acids is 2. The van der Waals surface area contributed by atoms with Gasteiger partial charge in [-0.15, -0.1) is 0 Å². The molecule has 0 aromatic heterocycles. The van der Waals surface area contributed by atoms with Crippen LogP contribution < -0.4 is 0 Å². The highest BCUT2D eigenvalue weighted by molar-refractivity contribution is 5.79. The summed E-state index contributed by atoms with van der Waals surface area (Å²) in [7, 11) is 1.37. The number of esters is 1. The van der Waals surface area contributed by atoms with Crippen LogP contribution in [0.25, 0.3) is 0 Å². The van der Waals surface area contributed by atoms with Crippen molar-refractivity contribution < 1.29 is 14.3 Å². The van der Waals surface area contributed by atoms with Crippen LogP contribution in [0.4, 0.5) is 0 Å². The van der Waals surface area contributed by atoms with Gasteiger partial charge >= 0.3 is 5.97 Å². The molecule has 1 unspecified atom stereocenters. The molecule has 0 radical (unpaired) electrons. The summed E-state index contributed by atoms with van der Waals surface area (Å²) in [6, 6.07) is 0. The zero-order valence-electron chi connectivity index (χ0n) is 8.63. The van der Waals surface area contributed by atoms with E-state index in [2.05, 4.69) is 4.74 Å². The van der Waals surface area contributed by atoms with Crippen molar-refractivity contribution in [2.75, 3.05) is 7.11 Å². The van der Waals surface area contributed by atoms with Gasteiger partial charge in [-0.3, -0.25) is 9.59 Å². The fraction of sp³-hybridized carbons (Fsp3) is 0.800. The van der Waals surface area contributed by atoms with E-state index in [0.29, 0.717) is 12.8 Å². The zero-order valence-corrected chi connectivity index (χ0v) is 8.63. The summed E-state index contributed by atoms with van der Waals surface area (Å²) in [5.41, 5.74) is 0. The van der Waals surface area contributed by atoms with E-state index in [1.54, 1.807) is 6.92 Å². The summed E-state index contributed by atoms with van der Waals surface area (Å²) in [4.78, 5) is 21.9. The monoisotopic (exact) mass is 186 g/mol. The van der Waals surface area contributed by atoms with Gasteiger partial charge in [0.2, 0.25) is 0 Å². The van der Waals surface area contributed by atoms with Gasteiger partial charge in [-0.2, -0.15) is 0 Å². The summed E-state index contributed by atoms with van der Waals surface area (Å²) >= 11 is 0. The quantitative estimate of drug-likeness (QED) is 0.595. The minimum Gasteiger partial charge on any atom is -0.469 e. The third-order valence-corrected chi connectivity index (χ3v) is 2.14. The largest absolute Gasteiger partial charge is 0.469 e. The van der Waals surface area contributed by atoms with Crippen molar-refractivity contribution in [2.24, 2.45) is 5.92 Å². The van der Waals surface area contributed by atoms with Crippen LogP contribution in [-0.4, -0.2) is 18.9 Å². The number of ether oxygens (including phenoxy) is 1. The average Bonchev–Trinajstić information content (AvgIpc) is 2.11. The number of carbonyl (C=O) groups is 2. The molecule has 0 aliphatic carbocycles. The maximum absolute atomic E-state index is 11.1. The molecule has 0 saturated carbocycles. The van der Waals surface area contributed by atoms with Gasteiger partial charge in [-0.1, -0.05) is 13.3 Å². The van der Waals surface area contributed by atoms with E-state index in [4.69, 9.17) is 0 Å². The molecule has 0 rings (SSSR count). The number of rotatable bonds is 6. The van der Waals surface area contributed by atoms with Crippen LogP contribution >= 0.6 is 0 Å². The highest BCUT2D eigenvalue weighted by Gasteiger charge is 2.14. The average molecular weight is 186 g/mol. The van der Waals surface area contributed by atoms with E-state index in [1.165, 1.54) is 7.11 Å². The summed E-state index contributed by atoms with van der Waals surface area (Å²) in [6.45, 7) is 3.62. The van der Waals surface area contributed by atoms with Crippen LogP contribution in [0.15, 0.2) is 0 Å². The molecule has 0 aliphatic rings.